The lowest BCUT2D eigenvalue weighted by atomic mass is 9.98. The van der Waals surface area contributed by atoms with Crippen LogP contribution < -0.4 is 5.19 Å². The Balaban J connectivity index is 2.12. The zero-order valence-corrected chi connectivity index (χ0v) is 15.4. The normalized spacial score (nSPS) is 11.5. The summed E-state index contributed by atoms with van der Waals surface area (Å²) in [6.45, 7) is 9.39. The van der Waals surface area contributed by atoms with Crippen molar-refractivity contribution in [2.75, 3.05) is 0 Å². The van der Waals surface area contributed by atoms with Crippen LogP contribution in [-0.2, 0) is 0 Å². The summed E-state index contributed by atoms with van der Waals surface area (Å²) in [7, 11) is -1.37. The molecule has 0 atom stereocenters. The van der Waals surface area contributed by atoms with E-state index in [1.54, 1.807) is 0 Å². The molecule has 3 aromatic carbocycles. The minimum atomic E-state index is -1.37. The third-order valence-corrected chi connectivity index (χ3v) is 6.31. The first-order chi connectivity index (χ1) is 10.9. The highest BCUT2D eigenvalue weighted by molar-refractivity contribution is 6.89. The van der Waals surface area contributed by atoms with Crippen LogP contribution in [0.1, 0.15) is 5.56 Å². The van der Waals surface area contributed by atoms with Crippen LogP contribution in [0.15, 0.2) is 72.8 Å². The van der Waals surface area contributed by atoms with Gasteiger partial charge in [0.1, 0.15) is 0 Å². The summed E-state index contributed by atoms with van der Waals surface area (Å²) in [4.78, 5) is 0. The Morgan fingerprint density at radius 1 is 0.609 bits per heavy atom. The molecule has 0 fully saturated rings. The van der Waals surface area contributed by atoms with Crippen LogP contribution in [0.3, 0.4) is 0 Å². The molecule has 0 unspecified atom stereocenters. The Morgan fingerprint density at radius 3 is 1.91 bits per heavy atom. The number of hydrogen-bond donors (Lipinski definition) is 0. The van der Waals surface area contributed by atoms with Crippen LogP contribution in [-0.4, -0.2) is 8.07 Å². The molecular formula is C22H24Si. The van der Waals surface area contributed by atoms with Crippen LogP contribution in [0.2, 0.25) is 19.6 Å². The van der Waals surface area contributed by atoms with Gasteiger partial charge < -0.3 is 0 Å². The molecule has 1 heteroatoms. The molecule has 0 saturated carbocycles. The van der Waals surface area contributed by atoms with E-state index in [0.717, 1.165) is 0 Å². The van der Waals surface area contributed by atoms with Crippen LogP contribution in [0.25, 0.3) is 22.3 Å². The molecule has 0 bridgehead atoms. The Kier molecular flexibility index (Phi) is 4.23. The first-order valence-electron chi connectivity index (χ1n) is 8.22. The Morgan fingerprint density at radius 2 is 1.22 bits per heavy atom. The van der Waals surface area contributed by atoms with Gasteiger partial charge in [0.2, 0.25) is 0 Å². The van der Waals surface area contributed by atoms with Crippen molar-refractivity contribution in [2.45, 2.75) is 26.6 Å². The third kappa shape index (κ3) is 3.46. The number of aryl methyl sites for hydroxylation is 1. The Labute approximate surface area is 140 Å². The maximum absolute atomic E-state index is 2.41. The molecular weight excluding hydrogens is 292 g/mol. The molecule has 0 saturated heterocycles. The molecule has 0 aromatic heterocycles. The molecule has 23 heavy (non-hydrogen) atoms. The second-order valence-corrected chi connectivity index (χ2v) is 12.3. The topological polar surface area (TPSA) is 0 Å². The summed E-state index contributed by atoms with van der Waals surface area (Å²) in [5, 5.41) is 1.53. The van der Waals surface area contributed by atoms with E-state index in [0.29, 0.717) is 0 Å². The van der Waals surface area contributed by atoms with Crippen LogP contribution in [0.4, 0.5) is 0 Å². The van der Waals surface area contributed by atoms with Crippen LogP contribution in [0, 0.1) is 6.92 Å². The summed E-state index contributed by atoms with van der Waals surface area (Å²) >= 11 is 0. The molecule has 3 aromatic rings. The van der Waals surface area contributed by atoms with Gasteiger partial charge in [0.25, 0.3) is 0 Å². The van der Waals surface area contributed by atoms with Crippen molar-refractivity contribution in [1.82, 2.24) is 0 Å². The van der Waals surface area contributed by atoms with Crippen molar-refractivity contribution in [1.29, 1.82) is 0 Å². The van der Waals surface area contributed by atoms with Gasteiger partial charge >= 0.3 is 0 Å². The maximum Gasteiger partial charge on any atom is 0.0784 e. The minimum Gasteiger partial charge on any atom is -0.0656 e. The lowest BCUT2D eigenvalue weighted by molar-refractivity contribution is 1.47. The highest BCUT2D eigenvalue weighted by atomic mass is 28.3. The zero-order valence-electron chi connectivity index (χ0n) is 14.4. The first-order valence-corrected chi connectivity index (χ1v) is 11.7. The summed E-state index contributed by atoms with van der Waals surface area (Å²) in [6.07, 6.45) is 0. The van der Waals surface area contributed by atoms with E-state index < -0.39 is 8.07 Å². The van der Waals surface area contributed by atoms with Gasteiger partial charge in [0, 0.05) is 0 Å². The number of rotatable bonds is 3. The van der Waals surface area contributed by atoms with Crippen molar-refractivity contribution in [3.05, 3.63) is 78.4 Å². The molecule has 0 nitrogen and oxygen atoms in total. The van der Waals surface area contributed by atoms with Crippen LogP contribution in [0.5, 0.6) is 0 Å². The Hall–Kier alpha value is -2.12. The molecule has 0 spiro atoms. The second kappa shape index (κ2) is 6.17. The molecule has 116 valence electrons. The molecule has 0 aliphatic heterocycles. The third-order valence-electron chi connectivity index (χ3n) is 4.26. The molecule has 0 N–H and O–H groups in total. The minimum absolute atomic E-state index is 1.29. The highest BCUT2D eigenvalue weighted by Gasteiger charge is 2.20. The van der Waals surface area contributed by atoms with E-state index in [9.17, 15) is 0 Å². The average Bonchev–Trinajstić information content (AvgIpc) is 2.54. The van der Waals surface area contributed by atoms with Gasteiger partial charge in [-0.15, -0.1) is 0 Å². The standard InChI is InChI=1S/C22H24Si/c1-17-9-7-10-18(15-17)19-11-8-12-20(16-19)21-13-5-6-14-22(21)23(2,3)4/h5-16H,1-4H3. The fourth-order valence-electron chi connectivity index (χ4n) is 3.08. The maximum atomic E-state index is 2.41. The van der Waals surface area contributed by atoms with E-state index in [1.807, 2.05) is 0 Å². The highest BCUT2D eigenvalue weighted by Crippen LogP contribution is 2.27. The fourth-order valence-corrected chi connectivity index (χ4v) is 4.71. The second-order valence-electron chi connectivity index (χ2n) is 7.25. The van der Waals surface area contributed by atoms with Crippen LogP contribution >= 0.6 is 0 Å². The summed E-state index contributed by atoms with van der Waals surface area (Å²) < 4.78 is 0. The Bertz CT molecular complexity index is 825. The molecule has 3 rings (SSSR count). The summed E-state index contributed by atoms with van der Waals surface area (Å²) in [5.41, 5.74) is 6.59. The van der Waals surface area contributed by atoms with Crippen molar-refractivity contribution < 1.29 is 0 Å². The quantitative estimate of drug-likeness (QED) is 0.530. The number of benzene rings is 3. The molecule has 0 radical (unpaired) electrons. The molecule has 0 heterocycles. The summed E-state index contributed by atoms with van der Waals surface area (Å²) in [5.74, 6) is 0. The lowest BCUT2D eigenvalue weighted by Gasteiger charge is -2.21. The van der Waals surface area contributed by atoms with E-state index in [2.05, 4.69) is 99.4 Å². The van der Waals surface area contributed by atoms with Gasteiger partial charge in [0.15, 0.2) is 0 Å². The van der Waals surface area contributed by atoms with Crippen molar-refractivity contribution in [3.63, 3.8) is 0 Å². The first kappa shape index (κ1) is 15.8. The predicted molar refractivity (Wildman–Crippen MR) is 105 cm³/mol. The van der Waals surface area contributed by atoms with Gasteiger partial charge in [-0.1, -0.05) is 97.1 Å². The van der Waals surface area contributed by atoms with Gasteiger partial charge in [-0.05, 0) is 35.2 Å². The molecule has 0 amide bonds. The van der Waals surface area contributed by atoms with Crippen molar-refractivity contribution in [3.8, 4) is 22.3 Å². The van der Waals surface area contributed by atoms with E-state index in [-0.39, 0.29) is 0 Å². The van der Waals surface area contributed by atoms with Crippen molar-refractivity contribution in [2.24, 2.45) is 0 Å². The van der Waals surface area contributed by atoms with Gasteiger partial charge in [-0.3, -0.25) is 0 Å². The fraction of sp³-hybridized carbons (Fsp3) is 0.182. The predicted octanol–water partition coefficient (Wildman–Crippen LogP) is 5.87. The van der Waals surface area contributed by atoms with E-state index >= 15 is 0 Å². The largest absolute Gasteiger partial charge is 0.0784 e. The molecule has 0 aliphatic carbocycles. The van der Waals surface area contributed by atoms with E-state index in [1.165, 1.54) is 33.0 Å². The van der Waals surface area contributed by atoms with Crippen molar-refractivity contribution >= 4 is 13.3 Å². The summed E-state index contributed by atoms with van der Waals surface area (Å²) in [6, 6.07) is 26.6. The van der Waals surface area contributed by atoms with Gasteiger partial charge in [0.05, 0.1) is 8.07 Å². The average molecular weight is 317 g/mol. The van der Waals surface area contributed by atoms with E-state index in [4.69, 9.17) is 0 Å². The smallest absolute Gasteiger partial charge is 0.0656 e. The monoisotopic (exact) mass is 316 g/mol. The van der Waals surface area contributed by atoms with Gasteiger partial charge in [-0.25, -0.2) is 0 Å². The van der Waals surface area contributed by atoms with Gasteiger partial charge in [-0.2, -0.15) is 0 Å². The zero-order chi connectivity index (χ0) is 16.4. The number of hydrogen-bond acceptors (Lipinski definition) is 0. The SMILES string of the molecule is Cc1cccc(-c2cccc(-c3ccccc3[Si](C)(C)C)c2)c1. The molecule has 0 aliphatic rings. The lowest BCUT2D eigenvalue weighted by Crippen LogP contribution is -2.38.